The lowest BCUT2D eigenvalue weighted by molar-refractivity contribution is -0.0504. The van der Waals surface area contributed by atoms with Gasteiger partial charge >= 0.3 is 6.61 Å². The summed E-state index contributed by atoms with van der Waals surface area (Å²) in [6.07, 6.45) is 1.18. The summed E-state index contributed by atoms with van der Waals surface area (Å²) in [5.41, 5.74) is 1.41. The summed E-state index contributed by atoms with van der Waals surface area (Å²) < 4.78 is 52.2. The molecule has 0 unspecified atom stereocenters. The number of guanidine groups is 1. The number of hydrogen-bond donors (Lipinski definition) is 2. The molecular weight excluding hydrogens is 491 g/mol. The Morgan fingerprint density at radius 2 is 1.93 bits per heavy atom. The maximum atomic E-state index is 12.5. The van der Waals surface area contributed by atoms with E-state index >= 15 is 0 Å². The van der Waals surface area contributed by atoms with Gasteiger partial charge in [0.15, 0.2) is 15.8 Å². The highest BCUT2D eigenvalue weighted by molar-refractivity contribution is 14.0. The van der Waals surface area contributed by atoms with E-state index in [4.69, 9.17) is 0 Å². The van der Waals surface area contributed by atoms with Crippen molar-refractivity contribution in [2.75, 3.05) is 19.3 Å². The zero-order chi connectivity index (χ0) is 20.0. The van der Waals surface area contributed by atoms with Gasteiger partial charge in [0.1, 0.15) is 5.75 Å². The molecule has 156 valence electrons. The molecule has 1 rings (SSSR count). The van der Waals surface area contributed by atoms with Gasteiger partial charge in [0.25, 0.3) is 0 Å². The van der Waals surface area contributed by atoms with Gasteiger partial charge in [0, 0.05) is 24.9 Å². The zero-order valence-corrected chi connectivity index (χ0v) is 19.3. The van der Waals surface area contributed by atoms with E-state index < -0.39 is 21.2 Å². The normalized spacial score (nSPS) is 12.5. The van der Waals surface area contributed by atoms with E-state index in [-0.39, 0.29) is 42.8 Å². The molecular formula is C17H28F2IN3O3S. The number of aliphatic imine (C=N–C) groups is 1. The van der Waals surface area contributed by atoms with Crippen LogP contribution in [0.25, 0.3) is 0 Å². The Morgan fingerprint density at radius 1 is 1.30 bits per heavy atom. The topological polar surface area (TPSA) is 79.8 Å². The number of aryl methyl sites for hydroxylation is 1. The van der Waals surface area contributed by atoms with E-state index in [0.29, 0.717) is 18.1 Å². The Labute approximate surface area is 177 Å². The van der Waals surface area contributed by atoms with Gasteiger partial charge in [0.2, 0.25) is 0 Å². The summed E-state index contributed by atoms with van der Waals surface area (Å²) in [6.45, 7) is 4.88. The molecule has 0 aliphatic rings. The molecule has 6 nitrogen and oxygen atoms in total. The molecule has 0 spiro atoms. The number of benzene rings is 1. The molecule has 0 fully saturated rings. The minimum absolute atomic E-state index is 0. The largest absolute Gasteiger partial charge is 0.434 e. The fraction of sp³-hybridized carbons (Fsp3) is 0.588. The number of hydrogen-bond acceptors (Lipinski definition) is 4. The summed E-state index contributed by atoms with van der Waals surface area (Å²) in [7, 11) is -3.25. The monoisotopic (exact) mass is 519 g/mol. The van der Waals surface area contributed by atoms with Crippen molar-refractivity contribution in [3.05, 3.63) is 29.3 Å². The van der Waals surface area contributed by atoms with Crippen molar-refractivity contribution in [2.45, 2.75) is 45.6 Å². The smallest absolute Gasteiger partial charge is 0.387 e. The third-order valence-corrected chi connectivity index (χ3v) is 6.02. The molecule has 0 amide bonds. The van der Waals surface area contributed by atoms with Crippen molar-refractivity contribution in [1.29, 1.82) is 0 Å². The highest BCUT2D eigenvalue weighted by atomic mass is 127. The van der Waals surface area contributed by atoms with Gasteiger partial charge in [-0.3, -0.25) is 0 Å². The van der Waals surface area contributed by atoms with Crippen molar-refractivity contribution in [1.82, 2.24) is 10.6 Å². The second-order valence-electron chi connectivity index (χ2n) is 6.57. The molecule has 0 saturated carbocycles. The molecule has 0 atom stereocenters. The number of sulfone groups is 1. The average molecular weight is 519 g/mol. The summed E-state index contributed by atoms with van der Waals surface area (Å²) in [4.78, 5) is 4.35. The molecule has 0 radical (unpaired) electrons. The fourth-order valence-corrected chi connectivity index (χ4v) is 2.31. The number of ether oxygens (including phenoxy) is 1. The molecule has 2 N–H and O–H groups in total. The van der Waals surface area contributed by atoms with Crippen molar-refractivity contribution in [3.63, 3.8) is 0 Å². The van der Waals surface area contributed by atoms with Gasteiger partial charge in [-0.05, 0) is 33.8 Å². The predicted octanol–water partition coefficient (Wildman–Crippen LogP) is 3.09. The Hall–Kier alpha value is -1.17. The van der Waals surface area contributed by atoms with Gasteiger partial charge in [-0.15, -0.1) is 24.0 Å². The molecule has 0 aliphatic carbocycles. The van der Waals surface area contributed by atoms with E-state index in [1.54, 1.807) is 26.0 Å². The van der Waals surface area contributed by atoms with E-state index in [2.05, 4.69) is 20.4 Å². The first kappa shape index (κ1) is 25.8. The summed E-state index contributed by atoms with van der Waals surface area (Å²) >= 11 is 0. The number of nitrogens with zero attached hydrogens (tertiary/aromatic N) is 1. The lowest BCUT2D eigenvalue weighted by Crippen LogP contribution is -2.47. The third-order valence-electron chi connectivity index (χ3n) is 3.87. The average Bonchev–Trinajstić information content (AvgIpc) is 2.51. The van der Waals surface area contributed by atoms with Gasteiger partial charge < -0.3 is 15.4 Å². The Kier molecular flexibility index (Phi) is 10.5. The van der Waals surface area contributed by atoms with Crippen molar-refractivity contribution in [3.8, 4) is 5.75 Å². The molecule has 1 aromatic rings. The van der Waals surface area contributed by atoms with Crippen molar-refractivity contribution < 1.29 is 21.9 Å². The second-order valence-corrected chi connectivity index (χ2v) is 9.22. The summed E-state index contributed by atoms with van der Waals surface area (Å²) in [6, 6.07) is 4.90. The number of rotatable bonds is 8. The van der Waals surface area contributed by atoms with Crippen LogP contribution in [0.4, 0.5) is 8.78 Å². The molecule has 10 heteroatoms. The van der Waals surface area contributed by atoms with Gasteiger partial charge in [-0.1, -0.05) is 17.7 Å². The van der Waals surface area contributed by atoms with Crippen molar-refractivity contribution in [2.24, 2.45) is 4.99 Å². The SMILES string of the molecule is CCNC(=NCc1cc(C)ccc1OC(F)F)NCC(C)(C)S(C)(=O)=O.I. The van der Waals surface area contributed by atoms with Crippen LogP contribution < -0.4 is 15.4 Å². The quantitative estimate of drug-likeness (QED) is 0.314. The van der Waals surface area contributed by atoms with Gasteiger partial charge in [0.05, 0.1) is 11.3 Å². The highest BCUT2D eigenvalue weighted by Gasteiger charge is 2.30. The van der Waals surface area contributed by atoms with E-state index in [1.165, 1.54) is 12.3 Å². The molecule has 0 aliphatic heterocycles. The van der Waals surface area contributed by atoms with E-state index in [9.17, 15) is 17.2 Å². The summed E-state index contributed by atoms with van der Waals surface area (Å²) in [5, 5.41) is 5.99. The third kappa shape index (κ3) is 8.58. The first-order valence-corrected chi connectivity index (χ1v) is 10.1. The maximum absolute atomic E-state index is 12.5. The molecule has 0 aromatic heterocycles. The Balaban J connectivity index is 0.00000676. The molecule has 0 saturated heterocycles. The highest BCUT2D eigenvalue weighted by Crippen LogP contribution is 2.23. The van der Waals surface area contributed by atoms with Crippen LogP contribution in [-0.2, 0) is 16.4 Å². The minimum atomic E-state index is -3.25. The standard InChI is InChI=1S/C17H27F2N3O3S.HI/c1-6-20-16(22-11-17(3,4)26(5,23)24)21-10-13-9-12(2)7-8-14(13)25-15(18)19;/h7-9,15H,6,10-11H2,1-5H3,(H2,20,21,22);1H. The Morgan fingerprint density at radius 3 is 2.44 bits per heavy atom. The van der Waals surface area contributed by atoms with Crippen LogP contribution in [0.2, 0.25) is 0 Å². The lowest BCUT2D eigenvalue weighted by atomic mass is 10.1. The Bertz CT molecular complexity index is 741. The maximum Gasteiger partial charge on any atom is 0.387 e. The summed E-state index contributed by atoms with van der Waals surface area (Å²) in [5.74, 6) is 0.468. The van der Waals surface area contributed by atoms with E-state index in [1.807, 2.05) is 13.8 Å². The molecule has 0 heterocycles. The van der Waals surface area contributed by atoms with Gasteiger partial charge in [-0.2, -0.15) is 8.78 Å². The van der Waals surface area contributed by atoms with Crippen LogP contribution in [0.1, 0.15) is 31.9 Å². The van der Waals surface area contributed by atoms with Gasteiger partial charge in [-0.25, -0.2) is 13.4 Å². The first-order valence-electron chi connectivity index (χ1n) is 8.22. The fourth-order valence-electron chi connectivity index (χ4n) is 1.98. The number of nitrogens with one attached hydrogen (secondary N) is 2. The predicted molar refractivity (Wildman–Crippen MR) is 115 cm³/mol. The minimum Gasteiger partial charge on any atom is -0.434 e. The van der Waals surface area contributed by atoms with Crippen LogP contribution in [0.5, 0.6) is 5.75 Å². The molecule has 27 heavy (non-hydrogen) atoms. The number of alkyl halides is 2. The van der Waals surface area contributed by atoms with Crippen LogP contribution in [0.15, 0.2) is 23.2 Å². The van der Waals surface area contributed by atoms with Crippen LogP contribution in [-0.4, -0.2) is 45.1 Å². The molecule has 0 bridgehead atoms. The number of halogens is 3. The van der Waals surface area contributed by atoms with E-state index in [0.717, 1.165) is 5.56 Å². The van der Waals surface area contributed by atoms with Crippen LogP contribution >= 0.6 is 24.0 Å². The van der Waals surface area contributed by atoms with Crippen LogP contribution in [0, 0.1) is 6.92 Å². The van der Waals surface area contributed by atoms with Crippen molar-refractivity contribution >= 4 is 39.8 Å². The molecule has 1 aromatic carbocycles. The second kappa shape index (κ2) is 11.0. The zero-order valence-electron chi connectivity index (χ0n) is 16.2. The van der Waals surface area contributed by atoms with Crippen LogP contribution in [0.3, 0.4) is 0 Å². The lowest BCUT2D eigenvalue weighted by Gasteiger charge is -2.24. The first-order chi connectivity index (χ1) is 12.0.